The molecule has 1 aromatic heterocycles. The summed E-state index contributed by atoms with van der Waals surface area (Å²) in [7, 11) is 3.43. The predicted molar refractivity (Wildman–Crippen MR) is 215 cm³/mol. The Labute approximate surface area is 354 Å². The maximum absolute atomic E-state index is 15.3. The molecule has 16 heteroatoms. The zero-order valence-electron chi connectivity index (χ0n) is 35.0. The molecule has 0 aliphatic heterocycles. The molecule has 9 nitrogen and oxygen atoms in total. The van der Waals surface area contributed by atoms with E-state index in [1.165, 1.54) is 37.4 Å². The summed E-state index contributed by atoms with van der Waals surface area (Å²) in [6, 6.07) is 17.7. The fourth-order valence-corrected chi connectivity index (χ4v) is 8.47. The molecule has 0 spiro atoms. The molecule has 4 atom stereocenters. The van der Waals surface area contributed by atoms with E-state index in [-0.39, 0.29) is 36.4 Å². The highest BCUT2D eigenvalue weighted by atomic mass is 19.2. The predicted octanol–water partition coefficient (Wildman–Crippen LogP) is 9.64. The van der Waals surface area contributed by atoms with Crippen LogP contribution in [0.5, 0.6) is 5.75 Å². The molecule has 332 valence electrons. The minimum absolute atomic E-state index is 0.0847. The fourth-order valence-electron chi connectivity index (χ4n) is 8.47. The summed E-state index contributed by atoms with van der Waals surface area (Å²) < 4.78 is 123. The zero-order valence-corrected chi connectivity index (χ0v) is 35.0. The van der Waals surface area contributed by atoms with Crippen LogP contribution in [0.2, 0.25) is 0 Å². The van der Waals surface area contributed by atoms with Crippen molar-refractivity contribution in [2.24, 2.45) is 5.92 Å². The number of benzene rings is 4. The first-order valence-electron chi connectivity index (χ1n) is 20.3. The summed E-state index contributed by atoms with van der Waals surface area (Å²) in [5.74, 6) is -15.9. The Morgan fingerprint density at radius 3 is 2.23 bits per heavy atom. The molecule has 0 N–H and O–H groups in total. The summed E-state index contributed by atoms with van der Waals surface area (Å²) in [5.41, 5.74) is 2.74. The zero-order chi connectivity index (χ0) is 44.9. The summed E-state index contributed by atoms with van der Waals surface area (Å²) >= 11 is 0. The van der Waals surface area contributed by atoms with Crippen molar-refractivity contribution in [3.63, 3.8) is 0 Å². The number of hydrogen-bond acceptors (Lipinski definition) is 8. The second-order valence-electron chi connectivity index (χ2n) is 15.7. The molecule has 0 saturated heterocycles. The smallest absolute Gasteiger partial charge is 0.351 e. The van der Waals surface area contributed by atoms with Gasteiger partial charge in [0.2, 0.25) is 41.0 Å². The van der Waals surface area contributed by atoms with E-state index < -0.39 is 64.8 Å². The molecule has 2 unspecified atom stereocenters. The van der Waals surface area contributed by atoms with E-state index in [0.29, 0.717) is 62.1 Å². The minimum atomic E-state index is -2.65. The van der Waals surface area contributed by atoms with Gasteiger partial charge in [0.15, 0.2) is 6.23 Å². The van der Waals surface area contributed by atoms with E-state index in [4.69, 9.17) is 19.2 Å². The average Bonchev–Trinajstić information content (AvgIpc) is 3.62. The lowest BCUT2D eigenvalue weighted by atomic mass is 9.65. The van der Waals surface area contributed by atoms with E-state index in [9.17, 15) is 35.9 Å². The molecule has 1 heterocycles. The van der Waals surface area contributed by atoms with Crippen molar-refractivity contribution in [1.82, 2.24) is 14.5 Å². The molecular formula is C46H48F7N3O6. The number of imidazole rings is 1. The lowest BCUT2D eigenvalue weighted by molar-refractivity contribution is -0.172. The SMILES string of the molecule is CCOC(c1ccc(C(F)C(=O)Oc2c(F)c(F)c(F)c(F)c2F)cc1)n1c(CCCN(C)CC[C@@]2(OC(=O)COC)CCc3cc(F)ccc3[C@@H]2C(C)C)nc2ccccc21. The Balaban J connectivity index is 1.18. The molecule has 0 saturated carbocycles. The van der Waals surface area contributed by atoms with Gasteiger partial charge in [0.1, 0.15) is 23.8 Å². The maximum Gasteiger partial charge on any atom is 0.351 e. The number of alkyl halides is 1. The van der Waals surface area contributed by atoms with Crippen LogP contribution < -0.4 is 4.74 Å². The van der Waals surface area contributed by atoms with Gasteiger partial charge in [0, 0.05) is 44.6 Å². The van der Waals surface area contributed by atoms with E-state index in [2.05, 4.69) is 23.5 Å². The molecule has 6 rings (SSSR count). The van der Waals surface area contributed by atoms with Crippen LogP contribution in [-0.4, -0.2) is 72.5 Å². The molecule has 5 aromatic rings. The Morgan fingerprint density at radius 2 is 1.56 bits per heavy atom. The highest BCUT2D eigenvalue weighted by molar-refractivity contribution is 5.79. The Kier molecular flexibility index (Phi) is 14.8. The molecular weight excluding hydrogens is 824 g/mol. The molecule has 1 aliphatic rings. The summed E-state index contributed by atoms with van der Waals surface area (Å²) in [5, 5.41) is 0. The van der Waals surface area contributed by atoms with Crippen LogP contribution in [0.25, 0.3) is 11.0 Å². The van der Waals surface area contributed by atoms with Gasteiger partial charge in [-0.2, -0.15) is 8.78 Å². The van der Waals surface area contributed by atoms with Gasteiger partial charge in [-0.05, 0) is 86.7 Å². The number of aromatic nitrogens is 2. The highest BCUT2D eigenvalue weighted by Crippen LogP contribution is 2.48. The van der Waals surface area contributed by atoms with Gasteiger partial charge in [0.25, 0.3) is 0 Å². The Bertz CT molecular complexity index is 2360. The first-order chi connectivity index (χ1) is 29.6. The summed E-state index contributed by atoms with van der Waals surface area (Å²) in [6.07, 6.45) is -0.608. The monoisotopic (exact) mass is 871 g/mol. The van der Waals surface area contributed by atoms with Crippen molar-refractivity contribution in [1.29, 1.82) is 0 Å². The van der Waals surface area contributed by atoms with E-state index in [0.717, 1.165) is 16.6 Å². The standard InChI is InChI=1S/C46H48F7N3O6/c1-6-60-44(28-15-13-27(14-16-28)37(48)45(58)61-43-41(52)39(50)38(49)40(51)42(43)53)56-33-11-8-7-10-32(33)54-34(56)12-9-22-55(4)23-21-46(62-35(57)25-59-5)20-19-29-24-30(47)17-18-31(29)36(46)26(2)3/h7-8,10-11,13-18,24,26,36-37,44H,6,9,12,19-23,25H2,1-5H3/t36-,37?,44?,46-/m0/s1. The molecule has 1 aliphatic carbocycles. The van der Waals surface area contributed by atoms with Gasteiger partial charge in [-0.15, -0.1) is 0 Å². The van der Waals surface area contributed by atoms with Crippen molar-refractivity contribution in [3.05, 3.63) is 130 Å². The number of carbonyl (C=O) groups excluding carboxylic acids is 2. The van der Waals surface area contributed by atoms with Gasteiger partial charge in [-0.3, -0.25) is 4.57 Å². The fraction of sp³-hybridized carbons (Fsp3) is 0.413. The van der Waals surface area contributed by atoms with Gasteiger partial charge in [-0.25, -0.2) is 36.5 Å². The Morgan fingerprint density at radius 1 is 0.903 bits per heavy atom. The Hall–Kier alpha value is -5.32. The number of methoxy groups -OCH3 is 1. The van der Waals surface area contributed by atoms with Crippen LogP contribution in [0.4, 0.5) is 30.7 Å². The lowest BCUT2D eigenvalue weighted by Gasteiger charge is -2.47. The topological polar surface area (TPSA) is 92.1 Å². The van der Waals surface area contributed by atoms with Gasteiger partial charge in [0.05, 0.1) is 11.0 Å². The van der Waals surface area contributed by atoms with Crippen molar-refractivity contribution in [2.75, 3.05) is 40.5 Å². The third-order valence-corrected chi connectivity index (χ3v) is 11.2. The summed E-state index contributed by atoms with van der Waals surface area (Å²) in [4.78, 5) is 32.6. The van der Waals surface area contributed by atoms with Gasteiger partial charge >= 0.3 is 11.9 Å². The number of fused-ring (bicyclic) bond motifs is 2. The number of aryl methyl sites for hydroxylation is 2. The first kappa shape index (κ1) is 46.2. The lowest BCUT2D eigenvalue weighted by Crippen LogP contribution is -2.49. The van der Waals surface area contributed by atoms with Crippen LogP contribution in [0.1, 0.15) is 86.4 Å². The quantitative estimate of drug-likeness (QED) is 0.0283. The number of esters is 2. The molecule has 62 heavy (non-hydrogen) atoms. The number of hydrogen-bond donors (Lipinski definition) is 0. The highest BCUT2D eigenvalue weighted by Gasteiger charge is 2.48. The van der Waals surface area contributed by atoms with Gasteiger partial charge in [-0.1, -0.05) is 56.3 Å². The number of rotatable bonds is 18. The molecule has 0 amide bonds. The maximum atomic E-state index is 15.3. The molecule has 4 aromatic carbocycles. The average molecular weight is 872 g/mol. The molecule has 0 radical (unpaired) electrons. The van der Waals surface area contributed by atoms with Crippen molar-refractivity contribution >= 4 is 23.0 Å². The largest absolute Gasteiger partial charge is 0.457 e. The van der Waals surface area contributed by atoms with Crippen LogP contribution in [0, 0.1) is 40.8 Å². The van der Waals surface area contributed by atoms with Crippen molar-refractivity contribution in [2.45, 2.75) is 76.8 Å². The molecule has 0 fully saturated rings. The number of carbonyl (C=O) groups is 2. The second-order valence-corrected chi connectivity index (χ2v) is 15.7. The third-order valence-electron chi connectivity index (χ3n) is 11.2. The normalized spacial score (nSPS) is 17.4. The minimum Gasteiger partial charge on any atom is -0.457 e. The van der Waals surface area contributed by atoms with Crippen LogP contribution in [0.3, 0.4) is 0 Å². The second kappa shape index (κ2) is 19.8. The number of halogens is 7. The first-order valence-corrected chi connectivity index (χ1v) is 20.3. The van der Waals surface area contributed by atoms with Crippen molar-refractivity contribution in [3.8, 4) is 5.75 Å². The van der Waals surface area contributed by atoms with Crippen LogP contribution in [0.15, 0.2) is 66.7 Å². The summed E-state index contributed by atoms with van der Waals surface area (Å²) in [6.45, 7) is 7.26. The van der Waals surface area contributed by atoms with Gasteiger partial charge < -0.3 is 23.8 Å². The van der Waals surface area contributed by atoms with Crippen molar-refractivity contribution < 1.29 is 59.3 Å². The molecule has 0 bridgehead atoms. The number of para-hydroxylation sites is 2. The van der Waals surface area contributed by atoms with E-state index in [1.54, 1.807) is 19.1 Å². The van der Waals surface area contributed by atoms with E-state index >= 15 is 4.39 Å². The van der Waals surface area contributed by atoms with Crippen LogP contribution in [-0.2, 0) is 36.6 Å². The van der Waals surface area contributed by atoms with Crippen LogP contribution >= 0.6 is 0 Å². The third kappa shape index (κ3) is 9.67. The van der Waals surface area contributed by atoms with E-state index in [1.807, 2.05) is 35.9 Å². The number of nitrogens with zero attached hydrogens (tertiary/aromatic N) is 3. The number of ether oxygens (including phenoxy) is 4.